The molecule has 0 fully saturated rings. The topological polar surface area (TPSA) is 38.1 Å². The molecule has 0 unspecified atom stereocenters. The van der Waals surface area contributed by atoms with Gasteiger partial charge in [-0.25, -0.2) is 4.98 Å². The van der Waals surface area contributed by atoms with Gasteiger partial charge in [0.15, 0.2) is 0 Å². The lowest BCUT2D eigenvalue weighted by atomic mass is 10.2. The average molecular weight is 419 g/mol. The molecule has 0 aliphatic rings. The van der Waals surface area contributed by atoms with E-state index in [-0.39, 0.29) is 5.91 Å². The van der Waals surface area contributed by atoms with Crippen molar-refractivity contribution in [1.29, 1.82) is 0 Å². The number of rotatable bonds is 4. The van der Waals surface area contributed by atoms with Gasteiger partial charge in [-0.1, -0.05) is 18.2 Å². The summed E-state index contributed by atoms with van der Waals surface area (Å²) in [6, 6.07) is 15.7. The first-order chi connectivity index (χ1) is 11.1. The van der Waals surface area contributed by atoms with E-state index < -0.39 is 0 Å². The molecular formula is C18H18IN3O. The number of para-hydroxylation sites is 2. The first-order valence-corrected chi connectivity index (χ1v) is 8.63. The van der Waals surface area contributed by atoms with Crippen molar-refractivity contribution in [2.24, 2.45) is 0 Å². The first-order valence-electron chi connectivity index (χ1n) is 7.55. The van der Waals surface area contributed by atoms with Gasteiger partial charge in [-0.15, -0.1) is 0 Å². The van der Waals surface area contributed by atoms with Crippen LogP contribution in [0.2, 0.25) is 0 Å². The van der Waals surface area contributed by atoms with Crippen molar-refractivity contribution in [3.63, 3.8) is 0 Å². The molecular weight excluding hydrogens is 401 g/mol. The summed E-state index contributed by atoms with van der Waals surface area (Å²) < 4.78 is 3.22. The van der Waals surface area contributed by atoms with E-state index in [9.17, 15) is 4.79 Å². The van der Waals surface area contributed by atoms with Gasteiger partial charge in [-0.3, -0.25) is 4.79 Å². The summed E-state index contributed by atoms with van der Waals surface area (Å²) in [5.41, 5.74) is 2.79. The Balaban J connectivity index is 1.88. The summed E-state index contributed by atoms with van der Waals surface area (Å²) in [6.45, 7) is 3.42. The Morgan fingerprint density at radius 1 is 1.22 bits per heavy atom. The molecule has 1 aromatic heterocycles. The number of halogens is 1. The molecule has 5 heteroatoms. The zero-order chi connectivity index (χ0) is 16.4. The minimum absolute atomic E-state index is 0.0122. The second kappa shape index (κ2) is 6.70. The van der Waals surface area contributed by atoms with Gasteiger partial charge in [-0.2, -0.15) is 0 Å². The fourth-order valence-corrected chi connectivity index (χ4v) is 3.27. The maximum Gasteiger partial charge on any atom is 0.254 e. The number of nitrogens with zero attached hydrogens (tertiary/aromatic N) is 3. The largest absolute Gasteiger partial charge is 0.334 e. The quantitative estimate of drug-likeness (QED) is 0.602. The lowest BCUT2D eigenvalue weighted by Crippen LogP contribution is -2.27. The number of aryl methyl sites for hydroxylation is 1. The molecule has 4 nitrogen and oxygen atoms in total. The Kier molecular flexibility index (Phi) is 4.66. The lowest BCUT2D eigenvalue weighted by molar-refractivity contribution is 0.0780. The highest BCUT2D eigenvalue weighted by molar-refractivity contribution is 14.1. The molecule has 0 N–H and O–H groups in total. The Bertz CT molecular complexity index is 856. The normalized spacial score (nSPS) is 10.9. The minimum atomic E-state index is 0.0122. The van der Waals surface area contributed by atoms with E-state index in [1.54, 1.807) is 4.90 Å². The molecule has 118 valence electrons. The van der Waals surface area contributed by atoms with Gasteiger partial charge in [0.1, 0.15) is 5.82 Å². The summed E-state index contributed by atoms with van der Waals surface area (Å²) in [5.74, 6) is 0.924. The summed E-state index contributed by atoms with van der Waals surface area (Å²) in [7, 11) is 1.82. The molecule has 3 rings (SSSR count). The van der Waals surface area contributed by atoms with Gasteiger partial charge >= 0.3 is 0 Å². The molecule has 3 aromatic rings. The van der Waals surface area contributed by atoms with E-state index in [0.29, 0.717) is 12.1 Å². The lowest BCUT2D eigenvalue weighted by Gasteiger charge is -2.17. The van der Waals surface area contributed by atoms with E-state index in [4.69, 9.17) is 0 Å². The number of imidazole rings is 1. The second-order valence-corrected chi connectivity index (χ2v) is 6.68. The van der Waals surface area contributed by atoms with E-state index in [1.165, 1.54) is 0 Å². The third-order valence-corrected chi connectivity index (χ3v) is 4.52. The van der Waals surface area contributed by atoms with Crippen molar-refractivity contribution in [1.82, 2.24) is 14.5 Å². The van der Waals surface area contributed by atoms with Gasteiger partial charge in [0, 0.05) is 22.7 Å². The van der Waals surface area contributed by atoms with Crippen LogP contribution in [0.1, 0.15) is 23.1 Å². The van der Waals surface area contributed by atoms with E-state index >= 15 is 0 Å². The SMILES string of the molecule is CCn1c(CN(C)C(=O)c2cccc(I)c2)nc2ccccc21. The number of hydrogen-bond donors (Lipinski definition) is 0. The first kappa shape index (κ1) is 16.0. The smallest absolute Gasteiger partial charge is 0.254 e. The van der Waals surface area contributed by atoms with Gasteiger partial charge in [0.25, 0.3) is 5.91 Å². The highest BCUT2D eigenvalue weighted by Gasteiger charge is 2.16. The molecule has 1 heterocycles. The number of carbonyl (C=O) groups excluding carboxylic acids is 1. The minimum Gasteiger partial charge on any atom is -0.334 e. The molecule has 23 heavy (non-hydrogen) atoms. The molecule has 0 aliphatic carbocycles. The van der Waals surface area contributed by atoms with E-state index in [0.717, 1.165) is 27.0 Å². The van der Waals surface area contributed by atoms with Crippen LogP contribution in [0.25, 0.3) is 11.0 Å². The van der Waals surface area contributed by atoms with Crippen LogP contribution >= 0.6 is 22.6 Å². The Morgan fingerprint density at radius 2 is 2.00 bits per heavy atom. The fraction of sp³-hybridized carbons (Fsp3) is 0.222. The van der Waals surface area contributed by atoms with Crippen LogP contribution in [0.5, 0.6) is 0 Å². The monoisotopic (exact) mass is 419 g/mol. The van der Waals surface area contributed by atoms with Gasteiger partial charge in [0.05, 0.1) is 17.6 Å². The molecule has 0 atom stereocenters. The van der Waals surface area contributed by atoms with Crippen molar-refractivity contribution in [3.8, 4) is 0 Å². The second-order valence-electron chi connectivity index (χ2n) is 5.43. The molecule has 0 radical (unpaired) electrons. The molecule has 0 saturated carbocycles. The highest BCUT2D eigenvalue weighted by atomic mass is 127. The van der Waals surface area contributed by atoms with Crippen LogP contribution in [-0.4, -0.2) is 27.4 Å². The zero-order valence-electron chi connectivity index (χ0n) is 13.2. The van der Waals surface area contributed by atoms with Crippen molar-refractivity contribution in [2.45, 2.75) is 20.0 Å². The summed E-state index contributed by atoms with van der Waals surface area (Å²) in [4.78, 5) is 19.0. The molecule has 0 saturated heterocycles. The Hall–Kier alpha value is -1.89. The predicted octanol–water partition coefficient (Wildman–Crippen LogP) is 3.93. The van der Waals surface area contributed by atoms with Gasteiger partial charge in [-0.05, 0) is 59.8 Å². The molecule has 0 bridgehead atoms. The number of carbonyl (C=O) groups is 1. The molecule has 0 aliphatic heterocycles. The maximum atomic E-state index is 12.6. The number of benzene rings is 2. The Labute approximate surface area is 149 Å². The van der Waals surface area contributed by atoms with Gasteiger partial charge < -0.3 is 9.47 Å². The summed E-state index contributed by atoms with van der Waals surface area (Å²) >= 11 is 2.22. The number of fused-ring (bicyclic) bond motifs is 1. The third kappa shape index (κ3) is 3.24. The van der Waals surface area contributed by atoms with Crippen LogP contribution in [0.15, 0.2) is 48.5 Å². The average Bonchev–Trinajstić information content (AvgIpc) is 2.91. The predicted molar refractivity (Wildman–Crippen MR) is 100 cm³/mol. The van der Waals surface area contributed by atoms with Crippen LogP contribution < -0.4 is 0 Å². The fourth-order valence-electron chi connectivity index (χ4n) is 2.72. The van der Waals surface area contributed by atoms with E-state index in [2.05, 4.69) is 45.1 Å². The van der Waals surface area contributed by atoms with E-state index in [1.807, 2.05) is 49.5 Å². The standard InChI is InChI=1S/C18H18IN3O/c1-3-22-16-10-5-4-9-15(16)20-17(22)12-21(2)18(23)13-7-6-8-14(19)11-13/h4-11H,3,12H2,1-2H3. The van der Waals surface area contributed by atoms with Crippen molar-refractivity contribution in [2.75, 3.05) is 7.05 Å². The van der Waals surface area contributed by atoms with Gasteiger partial charge in [0.2, 0.25) is 0 Å². The Morgan fingerprint density at radius 3 is 2.74 bits per heavy atom. The van der Waals surface area contributed by atoms with Crippen LogP contribution in [0, 0.1) is 3.57 Å². The summed E-state index contributed by atoms with van der Waals surface area (Å²) in [6.07, 6.45) is 0. The molecule has 0 spiro atoms. The third-order valence-electron chi connectivity index (χ3n) is 3.85. The zero-order valence-corrected chi connectivity index (χ0v) is 15.3. The highest BCUT2D eigenvalue weighted by Crippen LogP contribution is 2.18. The maximum absolute atomic E-state index is 12.6. The van der Waals surface area contributed by atoms with Crippen molar-refractivity contribution in [3.05, 3.63) is 63.5 Å². The van der Waals surface area contributed by atoms with Crippen molar-refractivity contribution < 1.29 is 4.79 Å². The summed E-state index contributed by atoms with van der Waals surface area (Å²) in [5, 5.41) is 0. The molecule has 1 amide bonds. The van der Waals surface area contributed by atoms with Crippen LogP contribution in [-0.2, 0) is 13.1 Å². The number of hydrogen-bond acceptors (Lipinski definition) is 2. The number of amides is 1. The van der Waals surface area contributed by atoms with Crippen molar-refractivity contribution >= 4 is 39.5 Å². The number of aromatic nitrogens is 2. The van der Waals surface area contributed by atoms with Crippen LogP contribution in [0.4, 0.5) is 0 Å². The van der Waals surface area contributed by atoms with Crippen LogP contribution in [0.3, 0.4) is 0 Å². The molecule has 2 aromatic carbocycles.